The van der Waals surface area contributed by atoms with Gasteiger partial charge < -0.3 is 5.11 Å². The number of aliphatic hydroxyl groups excluding tert-OH is 1. The Morgan fingerprint density at radius 3 is 2.71 bits per heavy atom. The van der Waals surface area contributed by atoms with E-state index in [0.717, 1.165) is 32.1 Å². The molecule has 7 atom stereocenters. The molecule has 4 aliphatic rings. The van der Waals surface area contributed by atoms with Crippen LogP contribution in [0, 0.1) is 40.4 Å². The van der Waals surface area contributed by atoms with Crippen LogP contribution in [0.1, 0.15) is 58.8 Å². The third-order valence-corrected chi connectivity index (χ3v) is 8.44. The van der Waals surface area contributed by atoms with Crippen molar-refractivity contribution in [2.45, 2.75) is 58.8 Å². The highest BCUT2D eigenvalue weighted by molar-refractivity contribution is 5.88. The summed E-state index contributed by atoms with van der Waals surface area (Å²) in [6, 6.07) is 0. The molecular weight excluding hydrogens is 300 g/mol. The lowest BCUT2D eigenvalue weighted by Crippen LogP contribution is -2.56. The zero-order chi connectivity index (χ0) is 17.1. The maximum Gasteiger partial charge on any atom is 0.161 e. The number of ketones is 2. The minimum atomic E-state index is -0.375. The van der Waals surface area contributed by atoms with Gasteiger partial charge in [-0.25, -0.2) is 0 Å². The third-order valence-electron chi connectivity index (χ3n) is 8.44. The summed E-state index contributed by atoms with van der Waals surface area (Å²) in [7, 11) is 0. The molecule has 1 N–H and O–H groups in total. The fraction of sp³-hybridized carbons (Fsp3) is 0.810. The lowest BCUT2D eigenvalue weighted by atomic mass is 9.45. The molecule has 3 nitrogen and oxygen atoms in total. The summed E-state index contributed by atoms with van der Waals surface area (Å²) in [6.45, 7) is 4.13. The smallest absolute Gasteiger partial charge is 0.161 e. The molecule has 132 valence electrons. The summed E-state index contributed by atoms with van der Waals surface area (Å²) in [5, 5.41) is 9.35. The maximum atomic E-state index is 13.3. The Labute approximate surface area is 144 Å². The van der Waals surface area contributed by atoms with E-state index >= 15 is 0 Å². The van der Waals surface area contributed by atoms with Crippen LogP contribution in [0.2, 0.25) is 0 Å². The van der Waals surface area contributed by atoms with Crippen molar-refractivity contribution in [3.8, 4) is 0 Å². The van der Waals surface area contributed by atoms with Gasteiger partial charge in [0.1, 0.15) is 12.4 Å². The number of rotatable bonds is 2. The van der Waals surface area contributed by atoms with Crippen LogP contribution in [0.3, 0.4) is 0 Å². The predicted molar refractivity (Wildman–Crippen MR) is 92.2 cm³/mol. The number of allylic oxidation sites excluding steroid dienone is 2. The number of hydrogen-bond donors (Lipinski definition) is 1. The van der Waals surface area contributed by atoms with E-state index < -0.39 is 0 Å². The first-order valence-corrected chi connectivity index (χ1v) is 9.73. The highest BCUT2D eigenvalue weighted by Gasteiger charge is 2.63. The lowest BCUT2D eigenvalue weighted by molar-refractivity contribution is -0.156. The Bertz CT molecular complexity index is 594. The van der Waals surface area contributed by atoms with Crippen LogP contribution >= 0.6 is 0 Å². The fourth-order valence-corrected chi connectivity index (χ4v) is 7.30. The Hall–Kier alpha value is -0.960. The van der Waals surface area contributed by atoms with E-state index in [1.54, 1.807) is 0 Å². The second-order valence-electron chi connectivity index (χ2n) is 9.34. The largest absolute Gasteiger partial charge is 0.389 e. The molecule has 24 heavy (non-hydrogen) atoms. The van der Waals surface area contributed by atoms with E-state index in [1.165, 1.54) is 6.42 Å². The first-order valence-electron chi connectivity index (χ1n) is 9.73. The monoisotopic (exact) mass is 330 g/mol. The van der Waals surface area contributed by atoms with Crippen molar-refractivity contribution in [3.63, 3.8) is 0 Å². The van der Waals surface area contributed by atoms with Gasteiger partial charge in [0, 0.05) is 18.3 Å². The number of carbonyl (C=O) groups is 2. The van der Waals surface area contributed by atoms with E-state index in [4.69, 9.17) is 0 Å². The van der Waals surface area contributed by atoms with E-state index in [1.807, 2.05) is 0 Å². The minimum Gasteiger partial charge on any atom is -0.389 e. The minimum absolute atomic E-state index is 0.0493. The molecule has 3 heteroatoms. The Balaban J connectivity index is 1.69. The van der Waals surface area contributed by atoms with Crippen LogP contribution in [0.4, 0.5) is 0 Å². The predicted octanol–water partition coefficient (Wildman–Crippen LogP) is 3.55. The first kappa shape index (κ1) is 16.5. The van der Waals surface area contributed by atoms with Crippen molar-refractivity contribution in [1.82, 2.24) is 0 Å². The Morgan fingerprint density at radius 2 is 1.96 bits per heavy atom. The van der Waals surface area contributed by atoms with Crippen LogP contribution in [-0.2, 0) is 9.59 Å². The van der Waals surface area contributed by atoms with Crippen molar-refractivity contribution < 1.29 is 14.7 Å². The number of hydrogen-bond acceptors (Lipinski definition) is 3. The third kappa shape index (κ3) is 2.06. The first-order chi connectivity index (χ1) is 11.4. The van der Waals surface area contributed by atoms with E-state index in [0.29, 0.717) is 30.0 Å². The van der Waals surface area contributed by atoms with E-state index in [-0.39, 0.29) is 35.1 Å². The number of Topliss-reactive ketones (excluding diaryl/α,β-unsaturated/α-hetero) is 2. The van der Waals surface area contributed by atoms with Gasteiger partial charge in [-0.15, -0.1) is 0 Å². The summed E-state index contributed by atoms with van der Waals surface area (Å²) < 4.78 is 0. The fourth-order valence-electron chi connectivity index (χ4n) is 7.30. The lowest BCUT2D eigenvalue weighted by Gasteiger charge is -2.58. The number of carbonyl (C=O) groups excluding carboxylic acids is 2. The van der Waals surface area contributed by atoms with Crippen LogP contribution in [0.15, 0.2) is 12.2 Å². The molecule has 0 radical (unpaired) electrons. The quantitative estimate of drug-likeness (QED) is 0.788. The molecule has 0 aromatic heterocycles. The average molecular weight is 330 g/mol. The second kappa shape index (κ2) is 5.52. The molecule has 0 unspecified atom stereocenters. The summed E-state index contributed by atoms with van der Waals surface area (Å²) in [5.41, 5.74) is -0.0963. The van der Waals surface area contributed by atoms with Gasteiger partial charge in [-0.05, 0) is 67.1 Å². The number of aliphatic hydroxyl groups is 1. The molecule has 0 amide bonds. The van der Waals surface area contributed by atoms with Gasteiger partial charge in [-0.3, -0.25) is 9.59 Å². The normalized spacial score (nSPS) is 50.1. The van der Waals surface area contributed by atoms with Gasteiger partial charge in [0.2, 0.25) is 0 Å². The molecule has 4 aliphatic carbocycles. The van der Waals surface area contributed by atoms with Crippen molar-refractivity contribution in [2.75, 3.05) is 6.61 Å². The molecule has 4 rings (SSSR count). The topological polar surface area (TPSA) is 54.4 Å². The SMILES string of the molecule is C[C@]12CC=CC[C@@H]1CC[C@H]1[C@@H]3CC[C@H](C(=O)CO)[C@@]3(C)CC(=O)[C@@H]12. The zero-order valence-corrected chi connectivity index (χ0v) is 15.0. The summed E-state index contributed by atoms with van der Waals surface area (Å²) in [4.78, 5) is 25.6. The molecule has 0 aromatic carbocycles. The van der Waals surface area contributed by atoms with Gasteiger partial charge in [-0.2, -0.15) is 0 Å². The Kier molecular flexibility index (Phi) is 3.80. The van der Waals surface area contributed by atoms with Crippen molar-refractivity contribution >= 4 is 11.6 Å². The van der Waals surface area contributed by atoms with Gasteiger partial charge in [0.05, 0.1) is 0 Å². The van der Waals surface area contributed by atoms with Crippen molar-refractivity contribution in [3.05, 3.63) is 12.2 Å². The molecular formula is C21H30O3. The molecule has 3 saturated carbocycles. The molecule has 0 aromatic rings. The highest BCUT2D eigenvalue weighted by Crippen LogP contribution is 2.65. The zero-order valence-electron chi connectivity index (χ0n) is 15.0. The summed E-state index contributed by atoms with van der Waals surface area (Å²) in [6.07, 6.45) is 11.6. The maximum absolute atomic E-state index is 13.3. The van der Waals surface area contributed by atoms with E-state index in [2.05, 4.69) is 26.0 Å². The van der Waals surface area contributed by atoms with Gasteiger partial charge in [-0.1, -0.05) is 26.0 Å². The summed E-state index contributed by atoms with van der Waals surface area (Å²) in [5.74, 6) is 1.99. The molecule has 0 saturated heterocycles. The van der Waals surface area contributed by atoms with Crippen LogP contribution in [-0.4, -0.2) is 23.3 Å². The summed E-state index contributed by atoms with van der Waals surface area (Å²) >= 11 is 0. The molecule has 3 fully saturated rings. The van der Waals surface area contributed by atoms with Crippen LogP contribution < -0.4 is 0 Å². The second-order valence-corrected chi connectivity index (χ2v) is 9.34. The van der Waals surface area contributed by atoms with E-state index in [9.17, 15) is 14.7 Å². The van der Waals surface area contributed by atoms with Crippen LogP contribution in [0.25, 0.3) is 0 Å². The van der Waals surface area contributed by atoms with Gasteiger partial charge in [0.15, 0.2) is 5.78 Å². The van der Waals surface area contributed by atoms with Crippen molar-refractivity contribution in [1.29, 1.82) is 0 Å². The van der Waals surface area contributed by atoms with Crippen LogP contribution in [0.5, 0.6) is 0 Å². The highest BCUT2D eigenvalue weighted by atomic mass is 16.3. The molecule has 0 aliphatic heterocycles. The average Bonchev–Trinajstić information content (AvgIpc) is 2.89. The molecule has 0 bridgehead atoms. The van der Waals surface area contributed by atoms with Gasteiger partial charge in [0.25, 0.3) is 0 Å². The Morgan fingerprint density at radius 1 is 1.17 bits per heavy atom. The van der Waals surface area contributed by atoms with Crippen molar-refractivity contribution in [2.24, 2.45) is 40.4 Å². The van der Waals surface area contributed by atoms with Gasteiger partial charge >= 0.3 is 0 Å². The number of fused-ring (bicyclic) bond motifs is 5. The standard InChI is InChI=1S/C21H30O3/c1-20-10-4-3-5-13(20)6-7-14-15-8-9-16(18(24)12-22)21(15,2)11-17(23)19(14)20/h3-4,13-16,19,22H,5-12H2,1-2H3/t13-,14+,15+,16-,19-,20+,21+/m1/s1. The molecule has 0 spiro atoms. The molecule has 0 heterocycles.